The predicted molar refractivity (Wildman–Crippen MR) is 80.9 cm³/mol. The minimum atomic E-state index is 0.414. The summed E-state index contributed by atoms with van der Waals surface area (Å²) in [6, 6.07) is 10.3. The molecule has 1 heterocycles. The normalized spacial score (nSPS) is 12.4. The number of ether oxygens (including phenoxy) is 1. The van der Waals surface area contributed by atoms with E-state index in [0.717, 1.165) is 24.3 Å². The highest BCUT2D eigenvalue weighted by molar-refractivity contribution is 5.28. The second-order valence-corrected chi connectivity index (χ2v) is 5.26. The zero-order valence-corrected chi connectivity index (χ0v) is 12.5. The van der Waals surface area contributed by atoms with E-state index in [-0.39, 0.29) is 0 Å². The lowest BCUT2D eigenvalue weighted by molar-refractivity contribution is 0.413. The molecule has 2 aromatic rings. The van der Waals surface area contributed by atoms with Gasteiger partial charge in [-0.05, 0) is 56.0 Å². The summed E-state index contributed by atoms with van der Waals surface area (Å²) in [6.07, 6.45) is 1.91. The maximum Gasteiger partial charge on any atom is 0.119 e. The Labute approximate surface area is 120 Å². The van der Waals surface area contributed by atoms with Gasteiger partial charge in [0.25, 0.3) is 0 Å². The maximum atomic E-state index is 5.93. The van der Waals surface area contributed by atoms with Crippen molar-refractivity contribution in [3.63, 3.8) is 0 Å². The first-order valence-electron chi connectivity index (χ1n) is 6.95. The van der Waals surface area contributed by atoms with Gasteiger partial charge in [0, 0.05) is 12.7 Å². The number of rotatable bonds is 6. The molecule has 0 saturated carbocycles. The van der Waals surface area contributed by atoms with Gasteiger partial charge in [-0.3, -0.25) is 4.68 Å². The Kier molecular flexibility index (Phi) is 4.79. The highest BCUT2D eigenvalue weighted by Crippen LogP contribution is 2.18. The average molecular weight is 273 g/mol. The van der Waals surface area contributed by atoms with Crippen LogP contribution in [0.5, 0.6) is 5.75 Å². The molecule has 0 aliphatic heterocycles. The molecule has 4 heteroatoms. The standard InChI is InChI=1S/C16H23N3O/c1-12-7-15(19(2)18-12)9-14(11-17)8-13-5-4-6-16(10-13)20-3/h4-7,10,14H,8-9,11,17H2,1-3H3. The summed E-state index contributed by atoms with van der Waals surface area (Å²) < 4.78 is 7.21. The van der Waals surface area contributed by atoms with E-state index in [9.17, 15) is 0 Å². The van der Waals surface area contributed by atoms with E-state index >= 15 is 0 Å². The smallest absolute Gasteiger partial charge is 0.119 e. The Bertz CT molecular complexity index is 563. The number of hydrogen-bond acceptors (Lipinski definition) is 3. The number of methoxy groups -OCH3 is 1. The number of hydrogen-bond donors (Lipinski definition) is 1. The van der Waals surface area contributed by atoms with E-state index in [4.69, 9.17) is 10.5 Å². The third kappa shape index (κ3) is 3.61. The second-order valence-electron chi connectivity index (χ2n) is 5.26. The number of aryl methyl sites for hydroxylation is 2. The van der Waals surface area contributed by atoms with Crippen LogP contribution in [0.3, 0.4) is 0 Å². The van der Waals surface area contributed by atoms with Crippen LogP contribution in [0, 0.1) is 12.8 Å². The van der Waals surface area contributed by atoms with Crippen LogP contribution in [-0.2, 0) is 19.9 Å². The molecule has 1 unspecified atom stereocenters. The van der Waals surface area contributed by atoms with E-state index < -0.39 is 0 Å². The van der Waals surface area contributed by atoms with Crippen molar-refractivity contribution in [1.82, 2.24) is 9.78 Å². The molecule has 0 aliphatic carbocycles. The third-order valence-electron chi connectivity index (χ3n) is 3.59. The Hall–Kier alpha value is -1.81. The Morgan fingerprint density at radius 2 is 2.10 bits per heavy atom. The van der Waals surface area contributed by atoms with Gasteiger partial charge in [-0.2, -0.15) is 5.10 Å². The molecule has 4 nitrogen and oxygen atoms in total. The number of benzene rings is 1. The summed E-state index contributed by atoms with van der Waals surface area (Å²) in [5, 5.41) is 4.39. The monoisotopic (exact) mass is 273 g/mol. The lowest BCUT2D eigenvalue weighted by Crippen LogP contribution is -2.20. The molecule has 2 N–H and O–H groups in total. The fraction of sp³-hybridized carbons (Fsp3) is 0.438. The lowest BCUT2D eigenvalue weighted by Gasteiger charge is -2.15. The van der Waals surface area contributed by atoms with Crippen molar-refractivity contribution in [2.24, 2.45) is 18.7 Å². The minimum absolute atomic E-state index is 0.414. The number of aromatic nitrogens is 2. The van der Waals surface area contributed by atoms with Gasteiger partial charge < -0.3 is 10.5 Å². The van der Waals surface area contributed by atoms with Crippen LogP contribution in [0.15, 0.2) is 30.3 Å². The van der Waals surface area contributed by atoms with Gasteiger partial charge in [0.2, 0.25) is 0 Å². The lowest BCUT2D eigenvalue weighted by atomic mass is 9.94. The van der Waals surface area contributed by atoms with E-state index in [1.165, 1.54) is 11.3 Å². The molecule has 0 radical (unpaired) electrons. The molecule has 0 aliphatic rings. The Balaban J connectivity index is 2.06. The van der Waals surface area contributed by atoms with Gasteiger partial charge in [-0.15, -0.1) is 0 Å². The van der Waals surface area contributed by atoms with Crippen LogP contribution >= 0.6 is 0 Å². The summed E-state index contributed by atoms with van der Waals surface area (Å²) in [7, 11) is 3.68. The minimum Gasteiger partial charge on any atom is -0.497 e. The van der Waals surface area contributed by atoms with Gasteiger partial charge in [0.1, 0.15) is 5.75 Å². The van der Waals surface area contributed by atoms with Crippen LogP contribution < -0.4 is 10.5 Å². The highest BCUT2D eigenvalue weighted by Gasteiger charge is 2.12. The Morgan fingerprint density at radius 3 is 2.70 bits per heavy atom. The quantitative estimate of drug-likeness (QED) is 0.877. The molecular formula is C16H23N3O. The summed E-state index contributed by atoms with van der Waals surface area (Å²) in [5.41, 5.74) is 9.49. The summed E-state index contributed by atoms with van der Waals surface area (Å²) in [5.74, 6) is 1.31. The van der Waals surface area contributed by atoms with Crippen molar-refractivity contribution < 1.29 is 4.74 Å². The average Bonchev–Trinajstić information content (AvgIpc) is 2.76. The molecule has 108 valence electrons. The fourth-order valence-electron chi connectivity index (χ4n) is 2.52. The van der Waals surface area contributed by atoms with Crippen LogP contribution in [0.1, 0.15) is 17.0 Å². The zero-order valence-electron chi connectivity index (χ0n) is 12.5. The van der Waals surface area contributed by atoms with Gasteiger partial charge >= 0.3 is 0 Å². The van der Waals surface area contributed by atoms with Crippen molar-refractivity contribution in [2.45, 2.75) is 19.8 Å². The molecular weight excluding hydrogens is 250 g/mol. The molecule has 0 fully saturated rings. The predicted octanol–water partition coefficient (Wildman–Crippen LogP) is 2.10. The van der Waals surface area contributed by atoms with Crippen LogP contribution in [-0.4, -0.2) is 23.4 Å². The third-order valence-corrected chi connectivity index (χ3v) is 3.59. The van der Waals surface area contributed by atoms with E-state index in [2.05, 4.69) is 23.3 Å². The van der Waals surface area contributed by atoms with Crippen LogP contribution in [0.2, 0.25) is 0 Å². The molecule has 0 spiro atoms. The molecule has 1 atom stereocenters. The second kappa shape index (κ2) is 6.57. The molecule has 0 bridgehead atoms. The summed E-state index contributed by atoms with van der Waals surface area (Å²) in [4.78, 5) is 0. The largest absolute Gasteiger partial charge is 0.497 e. The van der Waals surface area contributed by atoms with Gasteiger partial charge in [0.15, 0.2) is 0 Å². The molecule has 0 amide bonds. The van der Waals surface area contributed by atoms with Gasteiger partial charge in [0.05, 0.1) is 12.8 Å². The first kappa shape index (κ1) is 14.6. The van der Waals surface area contributed by atoms with Crippen molar-refractivity contribution in [1.29, 1.82) is 0 Å². The zero-order chi connectivity index (χ0) is 14.5. The van der Waals surface area contributed by atoms with Crippen molar-refractivity contribution in [3.05, 3.63) is 47.3 Å². The maximum absolute atomic E-state index is 5.93. The first-order valence-corrected chi connectivity index (χ1v) is 6.95. The van der Waals surface area contributed by atoms with Gasteiger partial charge in [-0.1, -0.05) is 12.1 Å². The molecule has 0 saturated heterocycles. The van der Waals surface area contributed by atoms with Crippen LogP contribution in [0.25, 0.3) is 0 Å². The fourth-order valence-corrected chi connectivity index (χ4v) is 2.52. The number of nitrogens with two attached hydrogens (primary N) is 1. The van der Waals surface area contributed by atoms with Gasteiger partial charge in [-0.25, -0.2) is 0 Å². The van der Waals surface area contributed by atoms with Crippen molar-refractivity contribution in [2.75, 3.05) is 13.7 Å². The summed E-state index contributed by atoms with van der Waals surface area (Å²) >= 11 is 0. The highest BCUT2D eigenvalue weighted by atomic mass is 16.5. The topological polar surface area (TPSA) is 53.1 Å². The molecule has 20 heavy (non-hydrogen) atoms. The molecule has 1 aromatic heterocycles. The van der Waals surface area contributed by atoms with Crippen LogP contribution in [0.4, 0.5) is 0 Å². The molecule has 2 rings (SSSR count). The molecule has 1 aromatic carbocycles. The van der Waals surface area contributed by atoms with Crippen molar-refractivity contribution in [3.8, 4) is 5.75 Å². The summed E-state index contributed by atoms with van der Waals surface area (Å²) in [6.45, 7) is 2.68. The van der Waals surface area contributed by atoms with E-state index in [1.807, 2.05) is 30.8 Å². The SMILES string of the molecule is COc1cccc(CC(CN)Cc2cc(C)nn2C)c1. The number of nitrogens with zero attached hydrogens (tertiary/aromatic N) is 2. The first-order chi connectivity index (χ1) is 9.62. The van der Waals surface area contributed by atoms with Crippen molar-refractivity contribution >= 4 is 0 Å². The van der Waals surface area contributed by atoms with E-state index in [0.29, 0.717) is 12.5 Å². The Morgan fingerprint density at radius 1 is 1.30 bits per heavy atom. The van der Waals surface area contributed by atoms with E-state index in [1.54, 1.807) is 7.11 Å².